The molecule has 3 atom stereocenters. The van der Waals surface area contributed by atoms with Crippen LogP contribution in [-0.4, -0.2) is 74.3 Å². The molecule has 0 rings (SSSR count). The molecule has 89 heavy (non-hydrogen) atoms. The van der Waals surface area contributed by atoms with E-state index >= 15 is 0 Å². The Hall–Kier alpha value is -2.55. The predicted molar refractivity (Wildman–Crippen MR) is 388 cm³/mol. The number of unbranched alkanes of at least 4 members (excludes halogenated alkanes) is 44. The Kier molecular flexibility index (Phi) is 66.4. The highest BCUT2D eigenvalue weighted by Crippen LogP contribution is 2.43. The number of ether oxygens (including phenoxy) is 1. The number of nitrogens with one attached hydrogen (secondary N) is 1. The Balaban J connectivity index is 5.01. The van der Waals surface area contributed by atoms with Gasteiger partial charge in [-0.05, 0) is 76.7 Å². The zero-order valence-electron chi connectivity index (χ0n) is 59.7. The fraction of sp³-hybridized carbons (Fsp3) is 0.823. The number of allylic oxidation sites excluding steroid dienone is 11. The summed E-state index contributed by atoms with van der Waals surface area (Å²) in [7, 11) is 1.50. The molecule has 2 N–H and O–H groups in total. The van der Waals surface area contributed by atoms with Gasteiger partial charge in [-0.15, -0.1) is 0 Å². The van der Waals surface area contributed by atoms with Crippen molar-refractivity contribution in [2.45, 2.75) is 380 Å². The number of hydrogen-bond donors (Lipinski definition) is 2. The summed E-state index contributed by atoms with van der Waals surface area (Å²) in [4.78, 5) is 38.0. The molecule has 10 heteroatoms. The van der Waals surface area contributed by atoms with Gasteiger partial charge < -0.3 is 19.4 Å². The first-order valence-corrected chi connectivity index (χ1v) is 39.8. The van der Waals surface area contributed by atoms with E-state index in [-0.39, 0.29) is 31.5 Å². The zero-order chi connectivity index (χ0) is 64.9. The smallest absolute Gasteiger partial charge is 0.456 e. The van der Waals surface area contributed by atoms with Crippen LogP contribution in [0.1, 0.15) is 367 Å². The molecule has 3 unspecified atom stereocenters. The number of quaternary nitrogens is 1. The van der Waals surface area contributed by atoms with Crippen molar-refractivity contribution in [2.24, 2.45) is 0 Å². The van der Waals surface area contributed by atoms with Gasteiger partial charge in [-0.25, -0.2) is 4.57 Å². The number of phosphoric acid groups is 1. The summed E-state index contributed by atoms with van der Waals surface area (Å²) in [5.74, 6) is -0.503. The zero-order valence-corrected chi connectivity index (χ0v) is 60.6. The van der Waals surface area contributed by atoms with E-state index in [1.54, 1.807) is 0 Å². The van der Waals surface area contributed by atoms with Crippen LogP contribution in [0.15, 0.2) is 72.9 Å². The molecule has 9 nitrogen and oxygen atoms in total. The number of nitrogens with zero attached hydrogens (tertiary/aromatic N) is 1. The minimum absolute atomic E-state index is 0.0380. The monoisotopic (exact) mass is 1270 g/mol. The number of likely N-dealkylation sites (N-methyl/N-ethyl adjacent to an activating group) is 1. The van der Waals surface area contributed by atoms with E-state index in [1.807, 2.05) is 33.3 Å². The summed E-state index contributed by atoms with van der Waals surface area (Å²) in [5.41, 5.74) is 0. The van der Waals surface area contributed by atoms with E-state index in [4.69, 9.17) is 13.8 Å². The van der Waals surface area contributed by atoms with Crippen LogP contribution in [0.4, 0.5) is 0 Å². The third kappa shape index (κ3) is 69.6. The molecular formula is C79H148N2O7P+. The number of esters is 1. The van der Waals surface area contributed by atoms with Crippen molar-refractivity contribution in [2.75, 3.05) is 40.9 Å². The maximum absolute atomic E-state index is 13.7. The summed E-state index contributed by atoms with van der Waals surface area (Å²) in [6, 6.07) is -0.856. The highest BCUT2D eigenvalue weighted by molar-refractivity contribution is 7.47. The van der Waals surface area contributed by atoms with Crippen molar-refractivity contribution >= 4 is 19.7 Å². The van der Waals surface area contributed by atoms with Gasteiger partial charge in [-0.1, -0.05) is 351 Å². The molecule has 0 aromatic carbocycles. The Morgan fingerprint density at radius 1 is 0.404 bits per heavy atom. The molecule has 0 radical (unpaired) electrons. The van der Waals surface area contributed by atoms with E-state index in [0.29, 0.717) is 17.4 Å². The Bertz CT molecular complexity index is 1750. The van der Waals surface area contributed by atoms with E-state index < -0.39 is 20.0 Å². The van der Waals surface area contributed by atoms with Gasteiger partial charge in [-0.2, -0.15) is 0 Å². The third-order valence-corrected chi connectivity index (χ3v) is 18.1. The summed E-state index contributed by atoms with van der Waals surface area (Å²) in [6.45, 7) is 6.95. The molecule has 0 spiro atoms. The van der Waals surface area contributed by atoms with E-state index in [9.17, 15) is 19.0 Å². The van der Waals surface area contributed by atoms with Gasteiger partial charge in [-0.3, -0.25) is 18.6 Å². The van der Waals surface area contributed by atoms with Gasteiger partial charge in [0.1, 0.15) is 19.3 Å². The van der Waals surface area contributed by atoms with Crippen molar-refractivity contribution < 1.29 is 37.3 Å². The van der Waals surface area contributed by atoms with Crippen molar-refractivity contribution in [3.63, 3.8) is 0 Å². The molecule has 1 amide bonds. The first kappa shape index (κ1) is 86.5. The van der Waals surface area contributed by atoms with Gasteiger partial charge in [0, 0.05) is 12.8 Å². The largest absolute Gasteiger partial charge is 0.472 e. The van der Waals surface area contributed by atoms with Gasteiger partial charge >= 0.3 is 13.8 Å². The highest BCUT2D eigenvalue weighted by atomic mass is 31.2. The SMILES string of the molecule is CC/C=C\C/C=C\C/C=C\C/C=C\C/C=C\CCCCCCCCCC(=O)OC(/C=C/CCCCCCCCCCCCC)C(COP(=O)(O)OCC[N+](C)(C)C)NC(=O)CCCCCCCCCCCCCCCCCCCCCCCCCCCCC. The molecule has 0 saturated carbocycles. The van der Waals surface area contributed by atoms with Crippen molar-refractivity contribution in [3.05, 3.63) is 72.9 Å². The molecule has 0 aliphatic carbocycles. The number of phosphoric ester groups is 1. The Morgan fingerprint density at radius 2 is 0.719 bits per heavy atom. The van der Waals surface area contributed by atoms with Crippen LogP contribution in [0.3, 0.4) is 0 Å². The maximum atomic E-state index is 13.7. The fourth-order valence-corrected chi connectivity index (χ4v) is 12.1. The minimum Gasteiger partial charge on any atom is -0.456 e. The standard InChI is InChI=1S/C79H147N2O7P/c1-7-10-13-16-19-22-25-28-30-32-34-36-38-39-40-41-43-44-46-48-50-53-56-59-62-65-68-71-78(82)80-76(75-87-89(84,85)86-74-73-81(4,5)6)77(70-67-64-61-58-55-52-27-24-21-18-15-12-9-3)88-79(83)72-69-66-63-60-57-54-51-49-47-45-42-37-35-33-31-29-26-23-20-17-14-11-8-2/h11,14,20,23,29,31,35,37,45,47,67,70,76-77H,7-10,12-13,15-19,21-22,24-28,30,32-34,36,38-44,46,48-66,68-69,71-75H2,1-6H3,(H-,80,82,84,85)/p+1/b14-11-,23-20-,31-29-,37-35-,47-45-,70-67+. The van der Waals surface area contributed by atoms with Gasteiger partial charge in [0.2, 0.25) is 5.91 Å². The number of hydrogen-bond acceptors (Lipinski definition) is 6. The molecule has 0 aliphatic rings. The quantitative estimate of drug-likeness (QED) is 0.0205. The normalized spacial score (nSPS) is 13.8. The third-order valence-electron chi connectivity index (χ3n) is 17.2. The molecule has 520 valence electrons. The first-order chi connectivity index (χ1) is 43.4. The van der Waals surface area contributed by atoms with Crippen LogP contribution in [-0.2, 0) is 27.9 Å². The lowest BCUT2D eigenvalue weighted by molar-refractivity contribution is -0.870. The topological polar surface area (TPSA) is 111 Å². The number of carbonyl (C=O) groups is 2. The minimum atomic E-state index is -4.46. The Morgan fingerprint density at radius 3 is 1.08 bits per heavy atom. The number of amides is 1. The second-order valence-electron chi connectivity index (χ2n) is 27.2. The molecule has 0 bridgehead atoms. The van der Waals surface area contributed by atoms with Gasteiger partial charge in [0.25, 0.3) is 0 Å². The average molecular weight is 1270 g/mol. The predicted octanol–water partition coefficient (Wildman–Crippen LogP) is 24.7. The summed E-state index contributed by atoms with van der Waals surface area (Å²) in [5, 5.41) is 3.08. The second-order valence-corrected chi connectivity index (χ2v) is 28.6. The van der Waals surface area contributed by atoms with Crippen LogP contribution < -0.4 is 5.32 Å². The van der Waals surface area contributed by atoms with Crippen molar-refractivity contribution in [1.29, 1.82) is 0 Å². The summed E-state index contributed by atoms with van der Waals surface area (Å²) >= 11 is 0. The second kappa shape index (κ2) is 68.3. The lowest BCUT2D eigenvalue weighted by Crippen LogP contribution is -2.47. The average Bonchev–Trinajstić information content (AvgIpc) is 3.57. The van der Waals surface area contributed by atoms with Crippen molar-refractivity contribution in [3.8, 4) is 0 Å². The van der Waals surface area contributed by atoms with Crippen LogP contribution in [0.25, 0.3) is 0 Å². The van der Waals surface area contributed by atoms with Crippen LogP contribution in [0.5, 0.6) is 0 Å². The number of carbonyl (C=O) groups excluding carboxylic acids is 2. The first-order valence-electron chi connectivity index (χ1n) is 38.3. The van der Waals surface area contributed by atoms with E-state index in [1.165, 1.54) is 231 Å². The van der Waals surface area contributed by atoms with Crippen LogP contribution in [0.2, 0.25) is 0 Å². The molecule has 0 aliphatic heterocycles. The van der Waals surface area contributed by atoms with Crippen LogP contribution >= 0.6 is 7.82 Å². The fourth-order valence-electron chi connectivity index (χ4n) is 11.3. The highest BCUT2D eigenvalue weighted by Gasteiger charge is 2.30. The van der Waals surface area contributed by atoms with E-state index in [0.717, 1.165) is 103 Å². The lowest BCUT2D eigenvalue weighted by Gasteiger charge is -2.27. The molecule has 0 fully saturated rings. The Labute approximate surface area is 553 Å². The lowest BCUT2D eigenvalue weighted by atomic mass is 10.0. The molecular weight excluding hydrogens is 1120 g/mol. The molecule has 0 saturated heterocycles. The van der Waals surface area contributed by atoms with Crippen LogP contribution in [0, 0.1) is 0 Å². The van der Waals surface area contributed by atoms with Gasteiger partial charge in [0.05, 0.1) is 33.8 Å². The van der Waals surface area contributed by atoms with E-state index in [2.05, 4.69) is 86.8 Å². The maximum Gasteiger partial charge on any atom is 0.472 e. The number of rotatable bonds is 70. The summed E-state index contributed by atoms with van der Waals surface area (Å²) in [6.07, 6.45) is 90.7. The van der Waals surface area contributed by atoms with Crippen molar-refractivity contribution in [1.82, 2.24) is 5.32 Å². The summed E-state index contributed by atoms with van der Waals surface area (Å²) < 4.78 is 30.9. The molecule has 0 heterocycles. The molecule has 0 aromatic heterocycles. The molecule has 0 aromatic rings. The van der Waals surface area contributed by atoms with Gasteiger partial charge in [0.15, 0.2) is 0 Å².